The monoisotopic (exact) mass is 476 g/mol. The highest BCUT2D eigenvalue weighted by molar-refractivity contribution is 6.02. The number of carbonyl (C=O) groups is 3. The molecule has 0 aliphatic rings. The van der Waals surface area contributed by atoms with E-state index in [-0.39, 0.29) is 17.9 Å². The van der Waals surface area contributed by atoms with E-state index in [9.17, 15) is 14.4 Å². The second-order valence-electron chi connectivity index (χ2n) is 7.62. The van der Waals surface area contributed by atoms with Crippen LogP contribution >= 0.6 is 0 Å². The molecule has 0 aliphatic heterocycles. The van der Waals surface area contributed by atoms with Crippen molar-refractivity contribution in [2.75, 3.05) is 32.7 Å². The topological polar surface area (TPSA) is 103 Å². The van der Waals surface area contributed by atoms with Gasteiger partial charge in [0.15, 0.2) is 18.1 Å². The van der Waals surface area contributed by atoms with E-state index in [0.717, 1.165) is 11.1 Å². The van der Waals surface area contributed by atoms with Crippen LogP contribution in [0.3, 0.4) is 0 Å². The van der Waals surface area contributed by atoms with Crippen molar-refractivity contribution in [2.45, 2.75) is 12.8 Å². The Balaban J connectivity index is 1.47. The molecule has 35 heavy (non-hydrogen) atoms. The third-order valence-corrected chi connectivity index (χ3v) is 5.15. The van der Waals surface area contributed by atoms with Gasteiger partial charge in [0.05, 0.1) is 31.9 Å². The van der Waals surface area contributed by atoms with Crippen LogP contribution in [0.25, 0.3) is 0 Å². The van der Waals surface area contributed by atoms with Crippen molar-refractivity contribution in [1.29, 1.82) is 0 Å². The molecule has 0 spiro atoms. The van der Waals surface area contributed by atoms with E-state index in [4.69, 9.17) is 14.2 Å². The van der Waals surface area contributed by atoms with Crippen molar-refractivity contribution in [3.63, 3.8) is 0 Å². The third kappa shape index (κ3) is 7.60. The van der Waals surface area contributed by atoms with Gasteiger partial charge in [-0.3, -0.25) is 9.59 Å². The van der Waals surface area contributed by atoms with E-state index in [0.29, 0.717) is 30.2 Å². The average molecular weight is 477 g/mol. The first kappa shape index (κ1) is 25.3. The van der Waals surface area contributed by atoms with Crippen molar-refractivity contribution in [3.8, 4) is 11.5 Å². The van der Waals surface area contributed by atoms with E-state index in [2.05, 4.69) is 10.6 Å². The minimum atomic E-state index is -0.698. The molecule has 0 atom stereocenters. The van der Waals surface area contributed by atoms with Gasteiger partial charge in [-0.05, 0) is 41.8 Å². The number of carbonyl (C=O) groups excluding carboxylic acids is 3. The standard InChI is InChI=1S/C27H28N2O6/c1-33-23-13-12-20(16-24(23)34-2)14-15-28-26(31)18-35-27(32)21-10-6-7-11-22(21)29-25(30)17-19-8-4-3-5-9-19/h3-13,16H,14-15,17-18H2,1-2H3,(H,28,31)(H,29,30). The van der Waals surface area contributed by atoms with E-state index < -0.39 is 18.5 Å². The van der Waals surface area contributed by atoms with Crippen molar-refractivity contribution in [3.05, 3.63) is 89.5 Å². The van der Waals surface area contributed by atoms with Gasteiger partial charge in [-0.2, -0.15) is 0 Å². The zero-order valence-corrected chi connectivity index (χ0v) is 19.7. The smallest absolute Gasteiger partial charge is 0.340 e. The third-order valence-electron chi connectivity index (χ3n) is 5.15. The molecule has 0 fully saturated rings. The summed E-state index contributed by atoms with van der Waals surface area (Å²) in [6, 6.07) is 21.3. The summed E-state index contributed by atoms with van der Waals surface area (Å²) >= 11 is 0. The van der Waals surface area contributed by atoms with Crippen molar-refractivity contribution < 1.29 is 28.6 Å². The molecule has 8 nitrogen and oxygen atoms in total. The molecule has 2 amide bonds. The minimum absolute atomic E-state index is 0.173. The number of para-hydroxylation sites is 1. The number of rotatable bonds is 11. The minimum Gasteiger partial charge on any atom is -0.493 e. The fourth-order valence-corrected chi connectivity index (χ4v) is 3.39. The van der Waals surface area contributed by atoms with Crippen molar-refractivity contribution >= 4 is 23.5 Å². The second-order valence-corrected chi connectivity index (χ2v) is 7.62. The molecule has 0 radical (unpaired) electrons. The maximum absolute atomic E-state index is 12.6. The number of esters is 1. The SMILES string of the molecule is COc1ccc(CCNC(=O)COC(=O)c2ccccc2NC(=O)Cc2ccccc2)cc1OC. The molecule has 3 rings (SSSR count). The Kier molecular flexibility index (Phi) is 9.24. The highest BCUT2D eigenvalue weighted by atomic mass is 16.5. The summed E-state index contributed by atoms with van der Waals surface area (Å²) in [4.78, 5) is 37.1. The largest absolute Gasteiger partial charge is 0.493 e. The number of amides is 2. The van der Waals surface area contributed by atoms with Gasteiger partial charge >= 0.3 is 5.97 Å². The van der Waals surface area contributed by atoms with Crippen LogP contribution in [-0.4, -0.2) is 45.2 Å². The predicted molar refractivity (Wildman–Crippen MR) is 132 cm³/mol. The molecule has 0 heterocycles. The zero-order valence-electron chi connectivity index (χ0n) is 19.7. The van der Waals surface area contributed by atoms with Crippen LogP contribution in [0.5, 0.6) is 11.5 Å². The Labute approximate surface area is 204 Å². The summed E-state index contributed by atoms with van der Waals surface area (Å²) in [5, 5.41) is 5.46. The molecule has 0 unspecified atom stereocenters. The fourth-order valence-electron chi connectivity index (χ4n) is 3.39. The number of nitrogens with one attached hydrogen (secondary N) is 2. The number of hydrogen-bond acceptors (Lipinski definition) is 6. The van der Waals surface area contributed by atoms with E-state index in [1.807, 2.05) is 42.5 Å². The number of methoxy groups -OCH3 is 2. The van der Waals surface area contributed by atoms with Crippen LogP contribution in [0.4, 0.5) is 5.69 Å². The van der Waals surface area contributed by atoms with Crippen LogP contribution in [-0.2, 0) is 27.2 Å². The highest BCUT2D eigenvalue weighted by Gasteiger charge is 2.16. The predicted octanol–water partition coefficient (Wildman–Crippen LogP) is 3.40. The maximum atomic E-state index is 12.6. The number of ether oxygens (including phenoxy) is 3. The van der Waals surface area contributed by atoms with Crippen LogP contribution < -0.4 is 20.1 Å². The lowest BCUT2D eigenvalue weighted by Gasteiger charge is -2.12. The quantitative estimate of drug-likeness (QED) is 0.411. The zero-order chi connectivity index (χ0) is 25.0. The molecular weight excluding hydrogens is 448 g/mol. The highest BCUT2D eigenvalue weighted by Crippen LogP contribution is 2.27. The molecule has 0 saturated heterocycles. The van der Waals surface area contributed by atoms with E-state index in [1.165, 1.54) is 6.07 Å². The molecule has 8 heteroatoms. The average Bonchev–Trinajstić information content (AvgIpc) is 2.88. The molecular formula is C27H28N2O6. The number of hydrogen-bond donors (Lipinski definition) is 2. The molecule has 3 aromatic carbocycles. The Morgan fingerprint density at radius 2 is 1.49 bits per heavy atom. The summed E-state index contributed by atoms with van der Waals surface area (Å²) in [6.07, 6.45) is 0.739. The molecule has 0 bridgehead atoms. The summed E-state index contributed by atoms with van der Waals surface area (Å²) in [5.41, 5.74) is 2.31. The van der Waals surface area contributed by atoms with Crippen LogP contribution in [0.2, 0.25) is 0 Å². The van der Waals surface area contributed by atoms with Gasteiger partial charge < -0.3 is 24.8 Å². The fraction of sp³-hybridized carbons (Fsp3) is 0.222. The normalized spacial score (nSPS) is 10.2. The van der Waals surface area contributed by atoms with E-state index >= 15 is 0 Å². The van der Waals surface area contributed by atoms with Crippen LogP contribution in [0, 0.1) is 0 Å². The molecule has 0 aliphatic carbocycles. The molecule has 0 aromatic heterocycles. The summed E-state index contributed by atoms with van der Waals surface area (Å²) in [6.45, 7) is -0.0743. The number of anilines is 1. The van der Waals surface area contributed by atoms with Crippen LogP contribution in [0.1, 0.15) is 21.5 Å². The summed E-state index contributed by atoms with van der Waals surface area (Å²) < 4.78 is 15.7. The first-order valence-electron chi connectivity index (χ1n) is 11.1. The second kappa shape index (κ2) is 12.8. The lowest BCUT2D eigenvalue weighted by atomic mass is 10.1. The van der Waals surface area contributed by atoms with Gasteiger partial charge in [-0.15, -0.1) is 0 Å². The molecule has 2 N–H and O–H groups in total. The van der Waals surface area contributed by atoms with Gasteiger partial charge in [-0.25, -0.2) is 4.79 Å². The lowest BCUT2D eigenvalue weighted by Crippen LogP contribution is -2.30. The van der Waals surface area contributed by atoms with Gasteiger partial charge in [0.25, 0.3) is 5.91 Å². The van der Waals surface area contributed by atoms with Gasteiger partial charge in [0.2, 0.25) is 5.91 Å². The van der Waals surface area contributed by atoms with Crippen molar-refractivity contribution in [1.82, 2.24) is 5.32 Å². The number of benzene rings is 3. The lowest BCUT2D eigenvalue weighted by molar-refractivity contribution is -0.124. The maximum Gasteiger partial charge on any atom is 0.340 e. The Morgan fingerprint density at radius 1 is 0.771 bits per heavy atom. The van der Waals surface area contributed by atoms with Gasteiger partial charge in [0, 0.05) is 6.54 Å². The Morgan fingerprint density at radius 3 is 2.23 bits per heavy atom. The van der Waals surface area contributed by atoms with Crippen molar-refractivity contribution in [2.24, 2.45) is 0 Å². The first-order valence-corrected chi connectivity index (χ1v) is 11.1. The summed E-state index contributed by atoms with van der Waals surface area (Å²) in [7, 11) is 3.13. The Hall–Kier alpha value is -4.33. The Bertz CT molecular complexity index is 1160. The molecule has 3 aromatic rings. The van der Waals surface area contributed by atoms with Gasteiger partial charge in [-0.1, -0.05) is 48.5 Å². The van der Waals surface area contributed by atoms with Crippen LogP contribution in [0.15, 0.2) is 72.8 Å². The molecule has 0 saturated carbocycles. The summed E-state index contributed by atoms with van der Waals surface area (Å²) in [5.74, 6) is -0.145. The van der Waals surface area contributed by atoms with Gasteiger partial charge in [0.1, 0.15) is 0 Å². The van der Waals surface area contributed by atoms with E-state index in [1.54, 1.807) is 38.5 Å². The first-order chi connectivity index (χ1) is 17.0. The molecule has 182 valence electrons.